The van der Waals surface area contributed by atoms with E-state index in [1.165, 1.54) is 25.7 Å². The Labute approximate surface area is 169 Å². The molecule has 0 fully saturated rings. The lowest BCUT2D eigenvalue weighted by molar-refractivity contribution is 0.157. The van der Waals surface area contributed by atoms with E-state index in [1.54, 1.807) is 6.20 Å². The summed E-state index contributed by atoms with van der Waals surface area (Å²) in [5.41, 5.74) is 3.20. The minimum Gasteiger partial charge on any atom is -0.507 e. The first-order valence-electron chi connectivity index (χ1n) is 10.5. The van der Waals surface area contributed by atoms with Gasteiger partial charge in [0.2, 0.25) is 0 Å². The average Bonchev–Trinajstić information content (AvgIpc) is 2.66. The van der Waals surface area contributed by atoms with Gasteiger partial charge >= 0.3 is 0 Å². The van der Waals surface area contributed by atoms with Crippen molar-refractivity contribution in [2.45, 2.75) is 71.8 Å². The molecule has 3 nitrogen and oxygen atoms in total. The Balaban J connectivity index is 1.97. The van der Waals surface area contributed by atoms with Gasteiger partial charge in [-0.3, -0.25) is 4.98 Å². The van der Waals surface area contributed by atoms with Crippen LogP contribution in [-0.4, -0.2) is 15.7 Å². The zero-order valence-corrected chi connectivity index (χ0v) is 17.8. The summed E-state index contributed by atoms with van der Waals surface area (Å²) >= 11 is 0. The Bertz CT molecular complexity index is 839. The van der Waals surface area contributed by atoms with Crippen LogP contribution in [0.25, 0.3) is 5.57 Å². The summed E-state index contributed by atoms with van der Waals surface area (Å²) in [6.07, 6.45) is 8.82. The van der Waals surface area contributed by atoms with Gasteiger partial charge in [0, 0.05) is 11.8 Å². The summed E-state index contributed by atoms with van der Waals surface area (Å²) in [7, 11) is 0. The largest absolute Gasteiger partial charge is 0.507 e. The van der Waals surface area contributed by atoms with Crippen molar-refractivity contribution in [3.63, 3.8) is 0 Å². The smallest absolute Gasteiger partial charge is 0.132 e. The number of hydrogen-bond acceptors (Lipinski definition) is 3. The fraction of sp³-hybridized carbons (Fsp3) is 0.480. The van der Waals surface area contributed by atoms with Crippen LogP contribution in [0.15, 0.2) is 42.6 Å². The Morgan fingerprint density at radius 2 is 1.93 bits per heavy atom. The van der Waals surface area contributed by atoms with Crippen molar-refractivity contribution in [1.29, 1.82) is 0 Å². The van der Waals surface area contributed by atoms with Crippen molar-refractivity contribution in [1.82, 2.24) is 4.98 Å². The highest BCUT2D eigenvalue weighted by Crippen LogP contribution is 2.46. The summed E-state index contributed by atoms with van der Waals surface area (Å²) in [6, 6.07) is 9.88. The van der Waals surface area contributed by atoms with E-state index in [2.05, 4.69) is 31.8 Å². The molecule has 2 aromatic rings. The predicted octanol–water partition coefficient (Wildman–Crippen LogP) is 6.71. The molecule has 1 aromatic carbocycles. The van der Waals surface area contributed by atoms with Crippen LogP contribution in [0.3, 0.4) is 0 Å². The number of phenols is 1. The van der Waals surface area contributed by atoms with Gasteiger partial charge in [-0.1, -0.05) is 52.5 Å². The average molecular weight is 380 g/mol. The molecule has 1 N–H and O–H groups in total. The number of rotatable bonds is 7. The van der Waals surface area contributed by atoms with Crippen LogP contribution in [0, 0.1) is 5.92 Å². The summed E-state index contributed by atoms with van der Waals surface area (Å²) < 4.78 is 6.26. The first-order chi connectivity index (χ1) is 13.3. The molecule has 150 valence electrons. The second-order valence-electron chi connectivity index (χ2n) is 8.65. The second kappa shape index (κ2) is 8.38. The van der Waals surface area contributed by atoms with Crippen LogP contribution in [0.1, 0.15) is 83.0 Å². The lowest BCUT2D eigenvalue weighted by atomic mass is 9.83. The van der Waals surface area contributed by atoms with Crippen molar-refractivity contribution >= 4 is 5.57 Å². The number of unbranched alkanes of at least 4 members (excludes halogenated alkanes) is 2. The molecule has 1 aliphatic rings. The van der Waals surface area contributed by atoms with E-state index in [9.17, 15) is 5.11 Å². The summed E-state index contributed by atoms with van der Waals surface area (Å²) in [5, 5.41) is 10.9. The van der Waals surface area contributed by atoms with E-state index in [4.69, 9.17) is 4.74 Å². The molecule has 0 saturated carbocycles. The predicted molar refractivity (Wildman–Crippen MR) is 116 cm³/mol. The fourth-order valence-electron chi connectivity index (χ4n) is 3.99. The van der Waals surface area contributed by atoms with E-state index >= 15 is 0 Å². The maximum absolute atomic E-state index is 10.9. The molecule has 0 aliphatic carbocycles. The number of ether oxygens (including phenoxy) is 1. The quantitative estimate of drug-likeness (QED) is 0.544. The first kappa shape index (κ1) is 20.4. The minimum atomic E-state index is -0.457. The molecule has 2 unspecified atom stereocenters. The number of hydrogen-bond donors (Lipinski definition) is 1. The number of fused-ring (bicyclic) bond motifs is 1. The van der Waals surface area contributed by atoms with Gasteiger partial charge in [0.1, 0.15) is 17.1 Å². The number of phenolic OH excluding ortho intramolecular Hbond substituents is 1. The number of nitrogens with zero attached hydrogens (tertiary/aromatic N) is 1. The maximum Gasteiger partial charge on any atom is 0.132 e. The third-order valence-corrected chi connectivity index (χ3v) is 5.82. The molecule has 2 atom stereocenters. The van der Waals surface area contributed by atoms with Gasteiger partial charge in [-0.25, -0.2) is 0 Å². The highest BCUT2D eigenvalue weighted by Gasteiger charge is 2.31. The Kier molecular flexibility index (Phi) is 6.12. The van der Waals surface area contributed by atoms with Crippen molar-refractivity contribution < 1.29 is 9.84 Å². The summed E-state index contributed by atoms with van der Waals surface area (Å²) in [6.45, 7) is 10.9. The number of aromatic hydroxyl groups is 1. The first-order valence-corrected chi connectivity index (χ1v) is 10.5. The summed E-state index contributed by atoms with van der Waals surface area (Å²) in [5.74, 6) is 1.94. The Morgan fingerprint density at radius 3 is 2.61 bits per heavy atom. The minimum absolute atomic E-state index is 0.271. The standard InChI is InChI=1S/C25H33NO2/c1-6-7-8-11-17(2)18(3)19-14-22(27)24-20(21-12-9-10-13-26-21)16-25(4,5)28-23(24)15-19/h9-10,12-18,27H,6-8,11H2,1-5H3. The van der Waals surface area contributed by atoms with Crippen LogP contribution < -0.4 is 4.74 Å². The van der Waals surface area contributed by atoms with Gasteiger partial charge in [0.15, 0.2) is 0 Å². The molecule has 0 bridgehead atoms. The molecule has 1 aliphatic heterocycles. The molecular formula is C25H33NO2. The maximum atomic E-state index is 10.9. The van der Waals surface area contributed by atoms with Crippen LogP contribution in [-0.2, 0) is 0 Å². The highest BCUT2D eigenvalue weighted by molar-refractivity contribution is 5.86. The number of benzene rings is 1. The lowest BCUT2D eigenvalue weighted by Crippen LogP contribution is -2.29. The molecule has 0 saturated heterocycles. The van der Waals surface area contributed by atoms with E-state index in [1.807, 2.05) is 44.2 Å². The highest BCUT2D eigenvalue weighted by atomic mass is 16.5. The normalized spacial score (nSPS) is 17.2. The molecule has 0 radical (unpaired) electrons. The van der Waals surface area contributed by atoms with Crippen molar-refractivity contribution in [2.75, 3.05) is 0 Å². The molecule has 28 heavy (non-hydrogen) atoms. The van der Waals surface area contributed by atoms with E-state index < -0.39 is 5.60 Å². The van der Waals surface area contributed by atoms with E-state index in [0.717, 1.165) is 28.1 Å². The SMILES string of the molecule is CCCCCC(C)C(C)c1cc(O)c2c(c1)OC(C)(C)C=C2c1ccccn1. The van der Waals surface area contributed by atoms with Gasteiger partial charge < -0.3 is 9.84 Å². The Hall–Kier alpha value is -2.29. The zero-order valence-electron chi connectivity index (χ0n) is 17.8. The molecule has 0 spiro atoms. The van der Waals surface area contributed by atoms with Crippen LogP contribution in [0.5, 0.6) is 11.5 Å². The fourth-order valence-corrected chi connectivity index (χ4v) is 3.99. The van der Waals surface area contributed by atoms with Gasteiger partial charge in [-0.05, 0) is 61.6 Å². The van der Waals surface area contributed by atoms with E-state index in [0.29, 0.717) is 11.8 Å². The van der Waals surface area contributed by atoms with Crippen LogP contribution >= 0.6 is 0 Å². The van der Waals surface area contributed by atoms with E-state index in [-0.39, 0.29) is 5.75 Å². The third kappa shape index (κ3) is 4.40. The molecule has 3 heteroatoms. The van der Waals surface area contributed by atoms with Crippen LogP contribution in [0.4, 0.5) is 0 Å². The van der Waals surface area contributed by atoms with Crippen molar-refractivity contribution in [2.24, 2.45) is 5.92 Å². The monoisotopic (exact) mass is 379 g/mol. The molecule has 2 heterocycles. The molecule has 3 rings (SSSR count). The second-order valence-corrected chi connectivity index (χ2v) is 8.65. The zero-order chi connectivity index (χ0) is 20.3. The lowest BCUT2D eigenvalue weighted by Gasteiger charge is -2.32. The van der Waals surface area contributed by atoms with Gasteiger partial charge in [0.25, 0.3) is 0 Å². The number of pyridine rings is 1. The van der Waals surface area contributed by atoms with Crippen LogP contribution in [0.2, 0.25) is 0 Å². The molecule has 1 aromatic heterocycles. The topological polar surface area (TPSA) is 42.4 Å². The third-order valence-electron chi connectivity index (χ3n) is 5.82. The van der Waals surface area contributed by atoms with Gasteiger partial charge in [0.05, 0.1) is 11.3 Å². The Morgan fingerprint density at radius 1 is 1.14 bits per heavy atom. The van der Waals surface area contributed by atoms with Crippen molar-refractivity contribution in [3.8, 4) is 11.5 Å². The summed E-state index contributed by atoms with van der Waals surface area (Å²) in [4.78, 5) is 4.50. The number of aromatic nitrogens is 1. The van der Waals surface area contributed by atoms with Gasteiger partial charge in [-0.15, -0.1) is 0 Å². The molecule has 0 amide bonds. The van der Waals surface area contributed by atoms with Crippen molar-refractivity contribution in [3.05, 3.63) is 59.4 Å². The van der Waals surface area contributed by atoms with Gasteiger partial charge in [-0.2, -0.15) is 0 Å². The molecular weight excluding hydrogens is 346 g/mol.